The van der Waals surface area contributed by atoms with Crippen molar-refractivity contribution in [3.05, 3.63) is 101 Å². The maximum absolute atomic E-state index is 13.5. The molecule has 1 aliphatic heterocycles. The van der Waals surface area contributed by atoms with Crippen molar-refractivity contribution in [2.75, 3.05) is 0 Å². The van der Waals surface area contributed by atoms with E-state index in [9.17, 15) is 26.4 Å². The topological polar surface area (TPSA) is 66.5 Å². The fourth-order valence-electron chi connectivity index (χ4n) is 4.06. The summed E-state index contributed by atoms with van der Waals surface area (Å²) in [4.78, 5) is 12.9. The van der Waals surface area contributed by atoms with Gasteiger partial charge in [0.2, 0.25) is 15.9 Å². The quantitative estimate of drug-likeness (QED) is 0.577. The van der Waals surface area contributed by atoms with Gasteiger partial charge in [-0.15, -0.1) is 0 Å². The van der Waals surface area contributed by atoms with E-state index in [0.29, 0.717) is 0 Å². The smallest absolute Gasteiger partial charge is 0.351 e. The molecule has 1 atom stereocenters. The van der Waals surface area contributed by atoms with E-state index in [0.717, 1.165) is 50.8 Å². The lowest BCUT2D eigenvalue weighted by Crippen LogP contribution is -2.52. The molecule has 5 nitrogen and oxygen atoms in total. The van der Waals surface area contributed by atoms with E-state index >= 15 is 0 Å². The lowest BCUT2D eigenvalue weighted by atomic mass is 9.95. The summed E-state index contributed by atoms with van der Waals surface area (Å²) in [7, 11) is -4.25. The summed E-state index contributed by atoms with van der Waals surface area (Å²) in [6, 6.07) is 17.1. The molecule has 9 heteroatoms. The van der Waals surface area contributed by atoms with E-state index < -0.39 is 33.7 Å². The number of nitrogens with zero attached hydrogens (tertiary/aromatic N) is 1. The standard InChI is InChI=1S/C25H23F3N2O3S/c1-17-5-4-6-18(13-17)15-29-24(31)23-14-19-7-2-3-8-20(19)16-30(23)34(32,33)22-11-9-21(10-12-22)25(26,27)28/h2-13,23H,14-16H2,1H3,(H,29,31). The number of amides is 1. The van der Waals surface area contributed by atoms with Gasteiger partial charge in [0.1, 0.15) is 6.04 Å². The van der Waals surface area contributed by atoms with Crippen LogP contribution in [0.5, 0.6) is 0 Å². The van der Waals surface area contributed by atoms with Crippen LogP contribution in [-0.4, -0.2) is 24.7 Å². The summed E-state index contributed by atoms with van der Waals surface area (Å²) in [5, 5.41) is 2.82. The van der Waals surface area contributed by atoms with Crippen molar-refractivity contribution in [2.45, 2.75) is 43.5 Å². The zero-order chi connectivity index (χ0) is 24.5. The van der Waals surface area contributed by atoms with Gasteiger partial charge >= 0.3 is 6.18 Å². The van der Waals surface area contributed by atoms with E-state index in [1.807, 2.05) is 43.3 Å². The van der Waals surface area contributed by atoms with Crippen LogP contribution < -0.4 is 5.32 Å². The first-order valence-corrected chi connectivity index (χ1v) is 12.1. The van der Waals surface area contributed by atoms with Crippen LogP contribution in [0.4, 0.5) is 13.2 Å². The Morgan fingerprint density at radius 3 is 2.32 bits per heavy atom. The Balaban J connectivity index is 1.64. The Morgan fingerprint density at radius 1 is 1.00 bits per heavy atom. The molecule has 1 aliphatic rings. The summed E-state index contributed by atoms with van der Waals surface area (Å²) in [6.07, 6.45) is -4.42. The van der Waals surface area contributed by atoms with Crippen LogP contribution in [0.25, 0.3) is 0 Å². The van der Waals surface area contributed by atoms with Crippen LogP contribution in [-0.2, 0) is 40.5 Å². The van der Waals surface area contributed by atoms with Crippen molar-refractivity contribution in [1.29, 1.82) is 0 Å². The summed E-state index contributed by atoms with van der Waals surface area (Å²) in [5.74, 6) is -0.466. The minimum absolute atomic E-state index is 0.0535. The zero-order valence-corrected chi connectivity index (χ0v) is 19.2. The molecule has 0 fully saturated rings. The van der Waals surface area contributed by atoms with Gasteiger partial charge in [0.25, 0.3) is 0 Å². The number of carbonyl (C=O) groups is 1. The fourth-order valence-corrected chi connectivity index (χ4v) is 5.62. The fraction of sp³-hybridized carbons (Fsp3) is 0.240. The summed E-state index contributed by atoms with van der Waals surface area (Å²) < 4.78 is 66.8. The number of carbonyl (C=O) groups excluding carboxylic acids is 1. The number of rotatable bonds is 5. The van der Waals surface area contributed by atoms with Gasteiger partial charge in [0.05, 0.1) is 10.5 Å². The van der Waals surface area contributed by atoms with Crippen molar-refractivity contribution < 1.29 is 26.4 Å². The maximum Gasteiger partial charge on any atom is 0.416 e. The lowest BCUT2D eigenvalue weighted by Gasteiger charge is -2.35. The van der Waals surface area contributed by atoms with E-state index in [4.69, 9.17) is 0 Å². The second-order valence-corrected chi connectivity index (χ2v) is 10.2. The Kier molecular flexibility index (Phi) is 6.51. The van der Waals surface area contributed by atoms with Gasteiger partial charge in [0.15, 0.2) is 0 Å². The van der Waals surface area contributed by atoms with Gasteiger partial charge in [-0.3, -0.25) is 4.79 Å². The number of halogens is 3. The van der Waals surface area contributed by atoms with Crippen LogP contribution in [0.2, 0.25) is 0 Å². The number of hydrogen-bond acceptors (Lipinski definition) is 3. The molecule has 0 spiro atoms. The summed E-state index contributed by atoms with van der Waals surface area (Å²) in [6.45, 7) is 2.11. The highest BCUT2D eigenvalue weighted by molar-refractivity contribution is 7.89. The number of benzene rings is 3. The first-order chi connectivity index (χ1) is 16.1. The Morgan fingerprint density at radius 2 is 1.68 bits per heavy atom. The molecule has 3 aromatic carbocycles. The largest absolute Gasteiger partial charge is 0.416 e. The second-order valence-electron chi connectivity index (χ2n) is 8.27. The molecule has 0 aliphatic carbocycles. The van der Waals surface area contributed by atoms with E-state index in [2.05, 4.69) is 5.32 Å². The third-order valence-electron chi connectivity index (χ3n) is 5.85. The molecule has 1 N–H and O–H groups in total. The highest BCUT2D eigenvalue weighted by Gasteiger charge is 2.40. The second kappa shape index (κ2) is 9.23. The van der Waals surface area contributed by atoms with Gasteiger partial charge in [-0.05, 0) is 54.3 Å². The minimum atomic E-state index is -4.58. The highest BCUT2D eigenvalue weighted by Crippen LogP contribution is 2.32. The number of fused-ring (bicyclic) bond motifs is 1. The first kappa shape index (κ1) is 24.0. The molecule has 34 heavy (non-hydrogen) atoms. The molecule has 0 saturated carbocycles. The highest BCUT2D eigenvalue weighted by atomic mass is 32.2. The molecule has 0 bridgehead atoms. The average molecular weight is 489 g/mol. The number of aryl methyl sites for hydroxylation is 1. The Labute approximate surface area is 196 Å². The zero-order valence-electron chi connectivity index (χ0n) is 18.3. The predicted molar refractivity (Wildman–Crippen MR) is 121 cm³/mol. The van der Waals surface area contributed by atoms with Crippen LogP contribution >= 0.6 is 0 Å². The summed E-state index contributed by atoms with van der Waals surface area (Å²) in [5.41, 5.74) is 2.58. The monoisotopic (exact) mass is 488 g/mol. The van der Waals surface area contributed by atoms with Gasteiger partial charge < -0.3 is 5.32 Å². The molecule has 0 radical (unpaired) electrons. The first-order valence-electron chi connectivity index (χ1n) is 10.6. The SMILES string of the molecule is Cc1cccc(CNC(=O)C2Cc3ccccc3CN2S(=O)(=O)c2ccc(C(F)(F)F)cc2)c1. The molecule has 3 aromatic rings. The molecular weight excluding hydrogens is 465 g/mol. The minimum Gasteiger partial charge on any atom is -0.351 e. The van der Waals surface area contributed by atoms with Crippen LogP contribution in [0.15, 0.2) is 77.7 Å². The number of sulfonamides is 1. The Hall–Kier alpha value is -3.17. The molecule has 0 aromatic heterocycles. The third kappa shape index (κ3) is 5.00. The van der Waals surface area contributed by atoms with Gasteiger partial charge in [-0.25, -0.2) is 8.42 Å². The van der Waals surface area contributed by atoms with Gasteiger partial charge in [-0.2, -0.15) is 17.5 Å². The van der Waals surface area contributed by atoms with E-state index in [1.165, 1.54) is 0 Å². The predicted octanol–water partition coefficient (Wildman–Crippen LogP) is 4.45. The van der Waals surface area contributed by atoms with Crippen molar-refractivity contribution >= 4 is 15.9 Å². The van der Waals surface area contributed by atoms with Crippen molar-refractivity contribution in [2.24, 2.45) is 0 Å². The number of nitrogens with one attached hydrogen (secondary N) is 1. The van der Waals surface area contributed by atoms with E-state index in [-0.39, 0.29) is 24.4 Å². The van der Waals surface area contributed by atoms with Crippen LogP contribution in [0.3, 0.4) is 0 Å². The van der Waals surface area contributed by atoms with Crippen molar-refractivity contribution in [1.82, 2.24) is 9.62 Å². The van der Waals surface area contributed by atoms with Crippen LogP contribution in [0.1, 0.15) is 27.8 Å². The van der Waals surface area contributed by atoms with E-state index in [1.54, 1.807) is 12.1 Å². The lowest BCUT2D eigenvalue weighted by molar-refractivity contribution is -0.137. The molecular formula is C25H23F3N2O3S. The molecule has 1 heterocycles. The number of alkyl halides is 3. The Bertz CT molecular complexity index is 1310. The molecule has 4 rings (SSSR count). The van der Waals surface area contributed by atoms with Gasteiger partial charge in [0, 0.05) is 13.1 Å². The third-order valence-corrected chi connectivity index (χ3v) is 7.71. The number of hydrogen-bond donors (Lipinski definition) is 1. The maximum atomic E-state index is 13.5. The molecule has 178 valence electrons. The summed E-state index contributed by atoms with van der Waals surface area (Å²) >= 11 is 0. The van der Waals surface area contributed by atoms with Crippen molar-refractivity contribution in [3.63, 3.8) is 0 Å². The normalized spacial score (nSPS) is 16.6. The molecule has 0 saturated heterocycles. The van der Waals surface area contributed by atoms with Crippen molar-refractivity contribution in [3.8, 4) is 0 Å². The van der Waals surface area contributed by atoms with Gasteiger partial charge in [-0.1, -0.05) is 54.1 Å². The average Bonchev–Trinajstić information content (AvgIpc) is 2.81. The molecule has 1 amide bonds. The molecule has 1 unspecified atom stereocenters. The van der Waals surface area contributed by atoms with Crippen LogP contribution in [0, 0.1) is 6.92 Å².